The van der Waals surface area contributed by atoms with Crippen molar-refractivity contribution in [1.82, 2.24) is 0 Å². The average Bonchev–Trinajstić information content (AvgIpc) is 3.14. The second-order valence-corrected chi connectivity index (χ2v) is 6.96. The fourth-order valence-corrected chi connectivity index (χ4v) is 4.50. The number of aliphatic hydroxyl groups excluding tert-OH is 1. The van der Waals surface area contributed by atoms with Crippen LogP contribution in [0.3, 0.4) is 0 Å². The summed E-state index contributed by atoms with van der Waals surface area (Å²) >= 11 is 0. The van der Waals surface area contributed by atoms with E-state index in [1.807, 2.05) is 0 Å². The minimum Gasteiger partial charge on any atom is -0.465 e. The lowest BCUT2D eigenvalue weighted by Gasteiger charge is -2.31. The van der Waals surface area contributed by atoms with Crippen molar-refractivity contribution in [3.05, 3.63) is 46.5 Å². The Balaban J connectivity index is 1.73. The fourth-order valence-electron chi connectivity index (χ4n) is 4.50. The fraction of sp³-hybridized carbons (Fsp3) is 0.500. The van der Waals surface area contributed by atoms with Gasteiger partial charge in [-0.2, -0.15) is 0 Å². The summed E-state index contributed by atoms with van der Waals surface area (Å²) in [6, 6.07) is 6.48. The molecule has 5 heteroatoms. The van der Waals surface area contributed by atoms with Gasteiger partial charge in [-0.25, -0.2) is 9.59 Å². The van der Waals surface area contributed by atoms with E-state index in [9.17, 15) is 14.7 Å². The Morgan fingerprint density at radius 2 is 1.60 bits per heavy atom. The highest BCUT2D eigenvalue weighted by Gasteiger charge is 2.49. The van der Waals surface area contributed by atoms with E-state index in [4.69, 9.17) is 9.47 Å². The lowest BCUT2D eigenvalue weighted by molar-refractivity contribution is 0.0310. The number of hydrogen-bond acceptors (Lipinski definition) is 5. The molecule has 5 nitrogen and oxygen atoms in total. The molecule has 2 aliphatic rings. The topological polar surface area (TPSA) is 72.8 Å². The van der Waals surface area contributed by atoms with Gasteiger partial charge in [-0.05, 0) is 50.2 Å². The summed E-state index contributed by atoms with van der Waals surface area (Å²) in [6.07, 6.45) is 1.03. The first-order chi connectivity index (χ1) is 12.0. The summed E-state index contributed by atoms with van der Waals surface area (Å²) in [5.41, 5.74) is 3.16. The summed E-state index contributed by atoms with van der Waals surface area (Å²) in [5.74, 6) is -0.0638. The molecule has 2 aliphatic carbocycles. The number of rotatable bonds is 5. The van der Waals surface area contributed by atoms with Crippen LogP contribution < -0.4 is 0 Å². The molecule has 0 heterocycles. The molecule has 0 aromatic heterocycles. The number of fused-ring (bicyclic) bond motifs is 2. The molecule has 0 aliphatic heterocycles. The van der Waals surface area contributed by atoms with Gasteiger partial charge in [-0.1, -0.05) is 23.3 Å². The zero-order valence-corrected chi connectivity index (χ0v) is 14.8. The van der Waals surface area contributed by atoms with E-state index in [1.54, 1.807) is 24.3 Å². The van der Waals surface area contributed by atoms with Gasteiger partial charge in [0.2, 0.25) is 0 Å². The molecule has 1 N–H and O–H groups in total. The standard InChI is InChI=1S/C20H24O5/c1-11-12(2)16-8-15(11)17(9-21)18(16)10-25-20(23)14-7-5-4-6-13(14)19(22)24-3/h4-7,15-18,21H,8-10H2,1-3H3/t15-,16+,17-,18-/m0/s1. The van der Waals surface area contributed by atoms with Gasteiger partial charge in [0, 0.05) is 12.5 Å². The van der Waals surface area contributed by atoms with Crippen molar-refractivity contribution in [3.8, 4) is 0 Å². The van der Waals surface area contributed by atoms with E-state index in [2.05, 4.69) is 13.8 Å². The molecule has 1 aromatic rings. The van der Waals surface area contributed by atoms with Gasteiger partial charge in [0.25, 0.3) is 0 Å². The summed E-state index contributed by atoms with van der Waals surface area (Å²) in [4.78, 5) is 24.3. The van der Waals surface area contributed by atoms with Gasteiger partial charge in [-0.3, -0.25) is 0 Å². The van der Waals surface area contributed by atoms with Crippen LogP contribution in [0.1, 0.15) is 41.0 Å². The molecule has 1 fully saturated rings. The van der Waals surface area contributed by atoms with Crippen LogP contribution in [0.25, 0.3) is 0 Å². The summed E-state index contributed by atoms with van der Waals surface area (Å²) in [7, 11) is 1.28. The number of allylic oxidation sites excluding steroid dienone is 2. The normalized spacial score (nSPS) is 27.5. The minimum absolute atomic E-state index is 0.104. The smallest absolute Gasteiger partial charge is 0.339 e. The number of benzene rings is 1. The van der Waals surface area contributed by atoms with Gasteiger partial charge in [0.05, 0.1) is 24.8 Å². The van der Waals surface area contributed by atoms with Crippen LogP contribution in [0.2, 0.25) is 0 Å². The molecule has 1 aromatic carbocycles. The molecule has 3 rings (SSSR count). The zero-order valence-electron chi connectivity index (χ0n) is 14.8. The zero-order chi connectivity index (χ0) is 18.1. The number of hydrogen-bond donors (Lipinski definition) is 1. The average molecular weight is 344 g/mol. The van der Waals surface area contributed by atoms with E-state index < -0.39 is 11.9 Å². The number of ether oxygens (including phenoxy) is 2. The van der Waals surface area contributed by atoms with Crippen molar-refractivity contribution in [2.24, 2.45) is 23.7 Å². The number of esters is 2. The van der Waals surface area contributed by atoms with Gasteiger partial charge >= 0.3 is 11.9 Å². The monoisotopic (exact) mass is 344 g/mol. The molecule has 0 unspecified atom stereocenters. The number of methoxy groups -OCH3 is 1. The lowest BCUT2D eigenvalue weighted by Crippen LogP contribution is -2.31. The third kappa shape index (κ3) is 2.97. The van der Waals surface area contributed by atoms with Crippen LogP contribution in [0.4, 0.5) is 0 Å². The number of aliphatic hydroxyl groups is 1. The second-order valence-electron chi connectivity index (χ2n) is 6.96. The summed E-state index contributed by atoms with van der Waals surface area (Å²) < 4.78 is 10.3. The Kier molecular flexibility index (Phi) is 4.95. The van der Waals surface area contributed by atoms with E-state index in [1.165, 1.54) is 18.3 Å². The first-order valence-electron chi connectivity index (χ1n) is 8.62. The van der Waals surface area contributed by atoms with E-state index in [0.717, 1.165) is 6.42 Å². The maximum absolute atomic E-state index is 12.5. The Morgan fingerprint density at radius 1 is 1.04 bits per heavy atom. The van der Waals surface area contributed by atoms with Gasteiger partial charge in [-0.15, -0.1) is 0 Å². The van der Waals surface area contributed by atoms with Crippen LogP contribution in [-0.2, 0) is 9.47 Å². The summed E-state index contributed by atoms with van der Waals surface area (Å²) in [5, 5.41) is 9.77. The molecule has 1 saturated carbocycles. The van der Waals surface area contributed by atoms with Crippen LogP contribution in [0.15, 0.2) is 35.4 Å². The van der Waals surface area contributed by atoms with Crippen molar-refractivity contribution in [3.63, 3.8) is 0 Å². The first-order valence-corrected chi connectivity index (χ1v) is 8.62. The van der Waals surface area contributed by atoms with Crippen molar-refractivity contribution in [2.45, 2.75) is 20.3 Å². The molecule has 0 saturated heterocycles. The Bertz CT molecular complexity index is 721. The van der Waals surface area contributed by atoms with E-state index >= 15 is 0 Å². The summed E-state index contributed by atoms with van der Waals surface area (Å²) in [6.45, 7) is 4.63. The molecular formula is C20H24O5. The molecule has 0 amide bonds. The van der Waals surface area contributed by atoms with Gasteiger partial charge in [0.1, 0.15) is 0 Å². The number of carbonyl (C=O) groups is 2. The Hall–Kier alpha value is -2.14. The lowest BCUT2D eigenvalue weighted by atomic mass is 9.77. The molecule has 2 bridgehead atoms. The third-order valence-corrected chi connectivity index (χ3v) is 6.00. The van der Waals surface area contributed by atoms with E-state index in [0.29, 0.717) is 11.8 Å². The van der Waals surface area contributed by atoms with Crippen molar-refractivity contribution in [1.29, 1.82) is 0 Å². The van der Waals surface area contributed by atoms with Crippen LogP contribution in [-0.4, -0.2) is 37.4 Å². The quantitative estimate of drug-likeness (QED) is 0.657. The van der Waals surface area contributed by atoms with Crippen molar-refractivity contribution in [2.75, 3.05) is 20.3 Å². The molecular weight excluding hydrogens is 320 g/mol. The maximum atomic E-state index is 12.5. The first kappa shape index (κ1) is 17.7. The molecule has 4 atom stereocenters. The number of carbonyl (C=O) groups excluding carboxylic acids is 2. The molecule has 134 valence electrons. The molecule has 0 radical (unpaired) electrons. The van der Waals surface area contributed by atoms with Crippen LogP contribution in [0, 0.1) is 23.7 Å². The largest absolute Gasteiger partial charge is 0.465 e. The molecule has 25 heavy (non-hydrogen) atoms. The molecule has 0 spiro atoms. The third-order valence-electron chi connectivity index (χ3n) is 6.00. The Labute approximate surface area is 147 Å². The van der Waals surface area contributed by atoms with Crippen molar-refractivity contribution >= 4 is 11.9 Å². The predicted octanol–water partition coefficient (Wildman–Crippen LogP) is 2.84. The SMILES string of the molecule is COC(=O)c1ccccc1C(=O)OC[C@@H]1[C@@H](CO)[C@H]2C[C@@H]1C(C)=C2C. The maximum Gasteiger partial charge on any atom is 0.339 e. The van der Waals surface area contributed by atoms with Crippen LogP contribution in [0.5, 0.6) is 0 Å². The van der Waals surface area contributed by atoms with Gasteiger partial charge < -0.3 is 14.6 Å². The highest BCUT2D eigenvalue weighted by atomic mass is 16.5. The second kappa shape index (κ2) is 7.00. The Morgan fingerprint density at radius 3 is 2.16 bits per heavy atom. The highest BCUT2D eigenvalue weighted by Crippen LogP contribution is 2.54. The van der Waals surface area contributed by atoms with Gasteiger partial charge in [0.15, 0.2) is 0 Å². The van der Waals surface area contributed by atoms with E-state index in [-0.39, 0.29) is 36.2 Å². The predicted molar refractivity (Wildman–Crippen MR) is 92.1 cm³/mol. The highest BCUT2D eigenvalue weighted by molar-refractivity contribution is 6.03. The van der Waals surface area contributed by atoms with Crippen LogP contribution >= 0.6 is 0 Å². The minimum atomic E-state index is -0.560. The van der Waals surface area contributed by atoms with Crippen molar-refractivity contribution < 1.29 is 24.2 Å².